The highest BCUT2D eigenvalue weighted by Crippen LogP contribution is 2.51. The van der Waals surface area contributed by atoms with Crippen molar-refractivity contribution < 1.29 is 9.90 Å². The molecule has 0 radical (unpaired) electrons. The molecule has 0 saturated heterocycles. The van der Waals surface area contributed by atoms with Crippen LogP contribution in [0.3, 0.4) is 0 Å². The third-order valence-corrected chi connectivity index (χ3v) is 2.91. The van der Waals surface area contributed by atoms with Crippen molar-refractivity contribution in [1.82, 2.24) is 0 Å². The summed E-state index contributed by atoms with van der Waals surface area (Å²) in [5, 5.41) is 8.59. The van der Waals surface area contributed by atoms with Crippen molar-refractivity contribution in [3.05, 3.63) is 0 Å². The van der Waals surface area contributed by atoms with Crippen molar-refractivity contribution >= 4 is 5.97 Å². The number of aliphatic carboxylic acids is 1. The number of rotatable bonds is 2. The van der Waals surface area contributed by atoms with E-state index in [0.29, 0.717) is 5.92 Å². The van der Waals surface area contributed by atoms with Crippen LogP contribution in [-0.4, -0.2) is 11.1 Å². The SMILES string of the molecule is O=C(O)[C@H]1C[C@@H]1C1CCC1. The Bertz CT molecular complexity index is 161. The summed E-state index contributed by atoms with van der Waals surface area (Å²) in [6.07, 6.45) is 4.86. The lowest BCUT2D eigenvalue weighted by Crippen LogP contribution is -2.15. The van der Waals surface area contributed by atoms with Crippen LogP contribution in [0.25, 0.3) is 0 Å². The molecule has 2 heteroatoms. The van der Waals surface area contributed by atoms with Crippen LogP contribution in [0.4, 0.5) is 0 Å². The van der Waals surface area contributed by atoms with E-state index in [1.165, 1.54) is 19.3 Å². The maximum Gasteiger partial charge on any atom is 0.306 e. The Labute approximate surface area is 60.2 Å². The Morgan fingerprint density at radius 3 is 2.40 bits per heavy atom. The molecule has 0 spiro atoms. The van der Waals surface area contributed by atoms with E-state index in [-0.39, 0.29) is 5.92 Å². The summed E-state index contributed by atoms with van der Waals surface area (Å²) in [5.74, 6) is 0.801. The van der Waals surface area contributed by atoms with E-state index in [4.69, 9.17) is 5.11 Å². The molecule has 56 valence electrons. The van der Waals surface area contributed by atoms with E-state index in [9.17, 15) is 4.79 Å². The maximum atomic E-state index is 10.4. The lowest BCUT2D eigenvalue weighted by atomic mass is 9.81. The molecule has 0 heterocycles. The molecule has 2 aliphatic carbocycles. The largest absolute Gasteiger partial charge is 0.481 e. The summed E-state index contributed by atoms with van der Waals surface area (Å²) in [6.45, 7) is 0. The average Bonchev–Trinajstić information content (AvgIpc) is 2.40. The van der Waals surface area contributed by atoms with Crippen LogP contribution in [0.2, 0.25) is 0 Å². The summed E-state index contributed by atoms with van der Waals surface area (Å²) >= 11 is 0. The van der Waals surface area contributed by atoms with E-state index in [0.717, 1.165) is 12.3 Å². The van der Waals surface area contributed by atoms with Crippen molar-refractivity contribution in [3.63, 3.8) is 0 Å². The van der Waals surface area contributed by atoms with Crippen molar-refractivity contribution in [2.75, 3.05) is 0 Å². The predicted octanol–water partition coefficient (Wildman–Crippen LogP) is 1.51. The first kappa shape index (κ1) is 6.20. The van der Waals surface area contributed by atoms with Crippen LogP contribution >= 0.6 is 0 Å². The Hall–Kier alpha value is -0.530. The Kier molecular flexibility index (Phi) is 1.22. The molecule has 2 fully saturated rings. The molecule has 0 aromatic rings. The van der Waals surface area contributed by atoms with Gasteiger partial charge in [0.15, 0.2) is 0 Å². The van der Waals surface area contributed by atoms with Gasteiger partial charge < -0.3 is 5.11 Å². The van der Waals surface area contributed by atoms with E-state index in [1.54, 1.807) is 0 Å². The van der Waals surface area contributed by atoms with Gasteiger partial charge in [-0.25, -0.2) is 0 Å². The van der Waals surface area contributed by atoms with Gasteiger partial charge in [-0.1, -0.05) is 19.3 Å². The Morgan fingerprint density at radius 1 is 1.40 bits per heavy atom. The summed E-state index contributed by atoms with van der Waals surface area (Å²) < 4.78 is 0. The van der Waals surface area contributed by atoms with E-state index in [2.05, 4.69) is 0 Å². The molecule has 2 aliphatic rings. The first-order valence-electron chi connectivity index (χ1n) is 4.02. The number of carbonyl (C=O) groups is 1. The number of hydrogen-bond acceptors (Lipinski definition) is 1. The van der Waals surface area contributed by atoms with Crippen molar-refractivity contribution in [2.45, 2.75) is 25.7 Å². The molecule has 2 nitrogen and oxygen atoms in total. The van der Waals surface area contributed by atoms with Gasteiger partial charge in [0.25, 0.3) is 0 Å². The van der Waals surface area contributed by atoms with Gasteiger partial charge in [0.05, 0.1) is 5.92 Å². The van der Waals surface area contributed by atoms with Gasteiger partial charge in [0.1, 0.15) is 0 Å². The molecule has 0 aromatic heterocycles. The molecule has 0 aromatic carbocycles. The second-order valence-corrected chi connectivity index (χ2v) is 3.54. The molecule has 2 saturated carbocycles. The molecule has 0 aliphatic heterocycles. The van der Waals surface area contributed by atoms with Gasteiger partial charge in [-0.05, 0) is 18.3 Å². The molecule has 0 amide bonds. The number of carboxylic acid groups (broad SMARTS) is 1. The molecule has 1 N–H and O–H groups in total. The maximum absolute atomic E-state index is 10.4. The highest BCUT2D eigenvalue weighted by molar-refractivity contribution is 5.73. The molecular weight excluding hydrogens is 128 g/mol. The second-order valence-electron chi connectivity index (χ2n) is 3.54. The third-order valence-electron chi connectivity index (χ3n) is 2.91. The van der Waals surface area contributed by atoms with Gasteiger partial charge in [0.2, 0.25) is 0 Å². The van der Waals surface area contributed by atoms with Crippen LogP contribution in [-0.2, 0) is 4.79 Å². The number of carboxylic acids is 1. The Balaban J connectivity index is 1.83. The van der Waals surface area contributed by atoms with Crippen molar-refractivity contribution in [1.29, 1.82) is 0 Å². The fourth-order valence-electron chi connectivity index (χ4n) is 1.89. The zero-order chi connectivity index (χ0) is 7.14. The van der Waals surface area contributed by atoms with Crippen molar-refractivity contribution in [3.8, 4) is 0 Å². The van der Waals surface area contributed by atoms with Gasteiger partial charge >= 0.3 is 5.97 Å². The highest BCUT2D eigenvalue weighted by atomic mass is 16.4. The zero-order valence-corrected chi connectivity index (χ0v) is 5.92. The topological polar surface area (TPSA) is 37.3 Å². The quantitative estimate of drug-likeness (QED) is 0.631. The molecule has 2 rings (SSSR count). The average molecular weight is 140 g/mol. The minimum absolute atomic E-state index is 0.0327. The smallest absolute Gasteiger partial charge is 0.306 e. The van der Waals surface area contributed by atoms with Crippen LogP contribution in [0.1, 0.15) is 25.7 Å². The molecule has 2 atom stereocenters. The van der Waals surface area contributed by atoms with Gasteiger partial charge in [-0.15, -0.1) is 0 Å². The Morgan fingerprint density at radius 2 is 2.10 bits per heavy atom. The van der Waals surface area contributed by atoms with Crippen LogP contribution in [0.5, 0.6) is 0 Å². The lowest BCUT2D eigenvalue weighted by Gasteiger charge is -2.25. The second kappa shape index (κ2) is 1.97. The van der Waals surface area contributed by atoms with Crippen molar-refractivity contribution in [2.24, 2.45) is 17.8 Å². The van der Waals surface area contributed by atoms with Crippen LogP contribution in [0, 0.1) is 17.8 Å². The summed E-state index contributed by atoms with van der Waals surface area (Å²) in [6, 6.07) is 0. The third kappa shape index (κ3) is 0.825. The van der Waals surface area contributed by atoms with E-state index in [1.807, 2.05) is 0 Å². The predicted molar refractivity (Wildman–Crippen MR) is 36.6 cm³/mol. The molecule has 10 heavy (non-hydrogen) atoms. The zero-order valence-electron chi connectivity index (χ0n) is 5.92. The lowest BCUT2D eigenvalue weighted by molar-refractivity contribution is -0.139. The van der Waals surface area contributed by atoms with Crippen LogP contribution in [0.15, 0.2) is 0 Å². The minimum Gasteiger partial charge on any atom is -0.481 e. The van der Waals surface area contributed by atoms with Gasteiger partial charge in [0, 0.05) is 0 Å². The highest BCUT2D eigenvalue weighted by Gasteiger charge is 2.48. The summed E-state index contributed by atoms with van der Waals surface area (Å²) in [5.41, 5.74) is 0. The van der Waals surface area contributed by atoms with Gasteiger partial charge in [-0.3, -0.25) is 4.79 Å². The first-order chi connectivity index (χ1) is 4.79. The monoisotopic (exact) mass is 140 g/mol. The van der Waals surface area contributed by atoms with Gasteiger partial charge in [-0.2, -0.15) is 0 Å². The standard InChI is InChI=1S/C8H12O2/c9-8(10)7-4-6(7)5-2-1-3-5/h5-7H,1-4H2,(H,9,10)/t6-,7+/m1/s1. The number of hydrogen-bond donors (Lipinski definition) is 1. The van der Waals surface area contributed by atoms with Crippen LogP contribution < -0.4 is 0 Å². The fraction of sp³-hybridized carbons (Fsp3) is 0.875. The molecule has 0 unspecified atom stereocenters. The normalized spacial score (nSPS) is 38.8. The fourth-order valence-corrected chi connectivity index (χ4v) is 1.89. The minimum atomic E-state index is -0.572. The van der Waals surface area contributed by atoms with E-state index < -0.39 is 5.97 Å². The molecule has 0 bridgehead atoms. The van der Waals surface area contributed by atoms with E-state index >= 15 is 0 Å². The summed E-state index contributed by atoms with van der Waals surface area (Å²) in [4.78, 5) is 10.4. The summed E-state index contributed by atoms with van der Waals surface area (Å²) in [7, 11) is 0. The first-order valence-corrected chi connectivity index (χ1v) is 4.02. The molecular formula is C8H12O2.